The molecule has 0 spiro atoms. The van der Waals surface area contributed by atoms with Gasteiger partial charge in [0.2, 0.25) is 0 Å². The second-order valence-electron chi connectivity index (χ2n) is 6.71. The molecule has 28 heavy (non-hydrogen) atoms. The molecule has 4 rings (SSSR count). The van der Waals surface area contributed by atoms with Crippen LogP contribution >= 0.6 is 11.3 Å². The van der Waals surface area contributed by atoms with Gasteiger partial charge in [-0.15, -0.1) is 11.3 Å². The van der Waals surface area contributed by atoms with Crippen LogP contribution in [-0.2, 0) is 16.4 Å². The van der Waals surface area contributed by atoms with Crippen molar-refractivity contribution in [3.8, 4) is 0 Å². The minimum atomic E-state index is -4.04. The Labute approximate surface area is 166 Å². The number of thiophene rings is 1. The van der Waals surface area contributed by atoms with Crippen LogP contribution in [0.4, 0.5) is 10.1 Å². The number of hydrogen-bond donors (Lipinski definition) is 1. The lowest BCUT2D eigenvalue weighted by Gasteiger charge is -2.33. The van der Waals surface area contributed by atoms with Crippen molar-refractivity contribution in [3.63, 3.8) is 0 Å². The molecule has 0 radical (unpaired) electrons. The summed E-state index contributed by atoms with van der Waals surface area (Å²) in [6, 6.07) is 5.86. The molecular weight excluding hydrogens is 403 g/mol. The summed E-state index contributed by atoms with van der Waals surface area (Å²) in [6.07, 6.45) is 1.75. The average molecular weight is 423 g/mol. The first-order valence-electron chi connectivity index (χ1n) is 8.93. The first-order chi connectivity index (χ1) is 13.3. The number of nitrogens with zero attached hydrogens (tertiary/aromatic N) is 1. The number of nitrogens with one attached hydrogen (secondary N) is 1. The molecule has 1 saturated heterocycles. The number of anilines is 1. The van der Waals surface area contributed by atoms with Gasteiger partial charge in [0.1, 0.15) is 16.3 Å². The van der Waals surface area contributed by atoms with Gasteiger partial charge in [-0.3, -0.25) is 4.79 Å². The number of hydrogen-bond acceptors (Lipinski definition) is 6. The number of fused-ring (bicyclic) bond motifs is 1. The Kier molecular flexibility index (Phi) is 4.67. The van der Waals surface area contributed by atoms with Crippen LogP contribution in [0.25, 0.3) is 11.0 Å². The van der Waals surface area contributed by atoms with E-state index in [-0.39, 0.29) is 21.6 Å². The lowest BCUT2D eigenvalue weighted by molar-refractivity contribution is 0.0956. The van der Waals surface area contributed by atoms with Crippen LogP contribution in [0.2, 0.25) is 0 Å². The molecule has 1 aromatic carbocycles. The van der Waals surface area contributed by atoms with Gasteiger partial charge in [-0.25, -0.2) is 17.5 Å². The molecule has 3 aromatic rings. The highest BCUT2D eigenvalue weighted by atomic mass is 32.2. The number of benzene rings is 1. The van der Waals surface area contributed by atoms with Crippen LogP contribution in [0.5, 0.6) is 0 Å². The van der Waals surface area contributed by atoms with Gasteiger partial charge in [0.25, 0.3) is 10.0 Å². The fourth-order valence-electron chi connectivity index (χ4n) is 3.14. The fourth-order valence-corrected chi connectivity index (χ4v) is 5.68. The molecule has 1 fully saturated rings. The summed E-state index contributed by atoms with van der Waals surface area (Å²) in [5, 5.41) is 0.145. The zero-order valence-corrected chi connectivity index (χ0v) is 17.0. The fraction of sp³-hybridized carbons (Fsp3) is 0.316. The quantitative estimate of drug-likeness (QED) is 0.676. The summed E-state index contributed by atoms with van der Waals surface area (Å²) in [7, 11) is -4.04. The Morgan fingerprint density at radius 3 is 2.64 bits per heavy atom. The van der Waals surface area contributed by atoms with Gasteiger partial charge >= 0.3 is 5.91 Å². The monoisotopic (exact) mass is 422 g/mol. The van der Waals surface area contributed by atoms with Gasteiger partial charge in [-0.05, 0) is 31.9 Å². The van der Waals surface area contributed by atoms with Crippen molar-refractivity contribution in [2.75, 3.05) is 18.0 Å². The largest absolute Gasteiger partial charge is 0.451 e. The molecule has 0 saturated carbocycles. The van der Waals surface area contributed by atoms with Crippen LogP contribution in [-0.4, -0.2) is 27.4 Å². The Morgan fingerprint density at radius 1 is 1.29 bits per heavy atom. The van der Waals surface area contributed by atoms with Crippen LogP contribution in [0, 0.1) is 12.7 Å². The van der Waals surface area contributed by atoms with Gasteiger partial charge in [0.05, 0.1) is 5.39 Å². The molecule has 0 atom stereocenters. The smallest absolute Gasteiger partial charge is 0.300 e. The molecule has 3 heterocycles. The van der Waals surface area contributed by atoms with Crippen LogP contribution in [0.1, 0.15) is 33.7 Å². The van der Waals surface area contributed by atoms with Crippen molar-refractivity contribution in [1.29, 1.82) is 0 Å². The second kappa shape index (κ2) is 6.89. The third kappa shape index (κ3) is 3.29. The van der Waals surface area contributed by atoms with Crippen molar-refractivity contribution >= 4 is 43.9 Å². The maximum absolute atomic E-state index is 14.4. The van der Waals surface area contributed by atoms with Gasteiger partial charge in [0.15, 0.2) is 5.76 Å². The number of sulfonamides is 1. The summed E-state index contributed by atoms with van der Waals surface area (Å²) in [6.45, 7) is 5.31. The number of amides is 1. The van der Waals surface area contributed by atoms with Gasteiger partial charge in [-0.1, -0.05) is 6.92 Å². The number of carbonyl (C=O) groups is 1. The Hall–Kier alpha value is -2.39. The first kappa shape index (κ1) is 18.9. The summed E-state index contributed by atoms with van der Waals surface area (Å²) in [4.78, 5) is 16.1. The standard InChI is InChI=1S/C19H19FN2O4S2/c1-3-13-9-18(11(2)27-13)28(24,25)21-19(23)17-10-14-15(20)7-12(8-16(14)26-17)22-5-4-6-22/h7-10H,3-6H2,1-2H3,(H,21,23). The Balaban J connectivity index is 1.63. The zero-order valence-electron chi connectivity index (χ0n) is 15.4. The normalized spacial score (nSPS) is 14.3. The summed E-state index contributed by atoms with van der Waals surface area (Å²) < 4.78 is 47.1. The average Bonchev–Trinajstić information content (AvgIpc) is 3.17. The van der Waals surface area contributed by atoms with E-state index in [0.717, 1.165) is 24.4 Å². The molecule has 1 aliphatic heterocycles. The number of halogens is 1. The van der Waals surface area contributed by atoms with E-state index in [1.165, 1.54) is 23.5 Å². The third-order valence-electron chi connectivity index (χ3n) is 4.80. The molecule has 0 aliphatic carbocycles. The van der Waals surface area contributed by atoms with Crippen molar-refractivity contribution in [2.24, 2.45) is 0 Å². The lowest BCUT2D eigenvalue weighted by Crippen LogP contribution is -2.36. The maximum atomic E-state index is 14.4. The van der Waals surface area contributed by atoms with Gasteiger partial charge in [-0.2, -0.15) is 0 Å². The van der Waals surface area contributed by atoms with Crippen LogP contribution in [0.3, 0.4) is 0 Å². The number of carbonyl (C=O) groups excluding carboxylic acids is 1. The molecule has 9 heteroatoms. The van der Waals surface area contributed by atoms with E-state index in [2.05, 4.69) is 0 Å². The van der Waals surface area contributed by atoms with E-state index in [1.54, 1.807) is 19.1 Å². The van der Waals surface area contributed by atoms with Crippen LogP contribution in [0.15, 0.2) is 33.6 Å². The van der Waals surface area contributed by atoms with Crippen molar-refractivity contribution in [2.45, 2.75) is 31.6 Å². The van der Waals surface area contributed by atoms with Crippen molar-refractivity contribution < 1.29 is 22.0 Å². The third-order valence-corrected chi connectivity index (χ3v) is 7.59. The van der Waals surface area contributed by atoms with Gasteiger partial charge in [0, 0.05) is 40.7 Å². The molecule has 1 aliphatic rings. The summed E-state index contributed by atoms with van der Waals surface area (Å²) >= 11 is 1.37. The topological polar surface area (TPSA) is 79.6 Å². The number of aryl methyl sites for hydroxylation is 2. The first-order valence-corrected chi connectivity index (χ1v) is 11.2. The molecule has 0 unspecified atom stereocenters. The summed E-state index contributed by atoms with van der Waals surface area (Å²) in [5.41, 5.74) is 0.899. The Bertz CT molecular complexity index is 1180. The minimum absolute atomic E-state index is 0.0741. The molecule has 2 aromatic heterocycles. The van der Waals surface area contributed by atoms with E-state index < -0.39 is 21.7 Å². The minimum Gasteiger partial charge on any atom is -0.451 e. The maximum Gasteiger partial charge on any atom is 0.300 e. The molecule has 6 nitrogen and oxygen atoms in total. The van der Waals surface area contributed by atoms with Gasteiger partial charge < -0.3 is 9.32 Å². The molecule has 0 bridgehead atoms. The number of furan rings is 1. The highest BCUT2D eigenvalue weighted by Gasteiger charge is 2.26. The second-order valence-corrected chi connectivity index (χ2v) is 9.70. The molecule has 1 amide bonds. The van der Waals surface area contributed by atoms with E-state index in [0.29, 0.717) is 17.0 Å². The van der Waals surface area contributed by atoms with E-state index >= 15 is 0 Å². The van der Waals surface area contributed by atoms with Crippen molar-refractivity contribution in [3.05, 3.63) is 45.6 Å². The van der Waals surface area contributed by atoms with Crippen LogP contribution < -0.4 is 9.62 Å². The highest BCUT2D eigenvalue weighted by molar-refractivity contribution is 7.90. The zero-order chi connectivity index (χ0) is 20.1. The molecule has 1 N–H and O–H groups in total. The molecule has 148 valence electrons. The lowest BCUT2D eigenvalue weighted by atomic mass is 10.1. The predicted octanol–water partition coefficient (Wildman–Crippen LogP) is 3.83. The van der Waals surface area contributed by atoms with Crippen molar-refractivity contribution in [1.82, 2.24) is 4.72 Å². The van der Waals surface area contributed by atoms with E-state index in [1.807, 2.05) is 16.5 Å². The van der Waals surface area contributed by atoms with E-state index in [9.17, 15) is 17.6 Å². The predicted molar refractivity (Wildman–Crippen MR) is 106 cm³/mol. The summed E-state index contributed by atoms with van der Waals surface area (Å²) in [5.74, 6) is -1.68. The highest BCUT2D eigenvalue weighted by Crippen LogP contribution is 2.31. The number of rotatable bonds is 5. The molecular formula is C19H19FN2O4S2. The van der Waals surface area contributed by atoms with E-state index in [4.69, 9.17) is 4.42 Å². The Morgan fingerprint density at radius 2 is 2.04 bits per heavy atom. The SMILES string of the molecule is CCc1cc(S(=O)(=O)NC(=O)c2cc3c(F)cc(N4CCC4)cc3o2)c(C)s1.